The molecule has 1 amide bonds. The molecule has 1 unspecified atom stereocenters. The number of nitrogens with two attached hydrogens (primary N) is 1. The third-order valence-electron chi connectivity index (χ3n) is 2.90. The Hall–Kier alpha value is -1.79. The van der Waals surface area contributed by atoms with Crippen molar-refractivity contribution in [2.45, 2.75) is 19.0 Å². The summed E-state index contributed by atoms with van der Waals surface area (Å²) >= 11 is 0. The van der Waals surface area contributed by atoms with Crippen LogP contribution in [0.3, 0.4) is 0 Å². The molecule has 0 aliphatic carbocycles. The molecule has 104 valence electrons. The van der Waals surface area contributed by atoms with Crippen LogP contribution in [0, 0.1) is 0 Å². The number of para-hydroxylation sites is 1. The highest BCUT2D eigenvalue weighted by molar-refractivity contribution is 5.81. The number of amides is 1. The molecule has 2 rings (SSSR count). The Morgan fingerprint density at radius 1 is 1.53 bits per heavy atom. The highest BCUT2D eigenvalue weighted by atomic mass is 16.7. The molecule has 0 bridgehead atoms. The minimum absolute atomic E-state index is 0.200. The average Bonchev–Trinajstić information content (AvgIpc) is 2.90. The van der Waals surface area contributed by atoms with Crippen LogP contribution in [0.15, 0.2) is 18.2 Å². The molecule has 0 aromatic heterocycles. The molecule has 19 heavy (non-hydrogen) atoms. The summed E-state index contributed by atoms with van der Waals surface area (Å²) in [6.07, 6.45) is 0.495. The molecular formula is C13H18N2O4. The molecule has 1 atom stereocenters. The van der Waals surface area contributed by atoms with Gasteiger partial charge < -0.3 is 25.3 Å². The Kier molecular flexibility index (Phi) is 4.59. The molecule has 0 spiro atoms. The summed E-state index contributed by atoms with van der Waals surface area (Å²) in [5.74, 6) is 1.19. The van der Waals surface area contributed by atoms with E-state index < -0.39 is 6.04 Å². The van der Waals surface area contributed by atoms with Crippen LogP contribution >= 0.6 is 0 Å². The number of carbonyl (C=O) groups is 1. The molecular weight excluding hydrogens is 248 g/mol. The highest BCUT2D eigenvalue weighted by Gasteiger charge is 2.18. The number of carbonyl (C=O) groups excluding carboxylic acids is 1. The van der Waals surface area contributed by atoms with Gasteiger partial charge in [0, 0.05) is 25.8 Å². The first-order valence-corrected chi connectivity index (χ1v) is 6.12. The van der Waals surface area contributed by atoms with Crippen LogP contribution in [0.1, 0.15) is 12.0 Å². The molecule has 1 aromatic carbocycles. The van der Waals surface area contributed by atoms with Crippen molar-refractivity contribution in [1.82, 2.24) is 5.32 Å². The summed E-state index contributed by atoms with van der Waals surface area (Å²) in [5.41, 5.74) is 6.61. The van der Waals surface area contributed by atoms with Crippen molar-refractivity contribution < 1.29 is 19.0 Å². The van der Waals surface area contributed by atoms with Gasteiger partial charge >= 0.3 is 0 Å². The zero-order chi connectivity index (χ0) is 13.7. The minimum Gasteiger partial charge on any atom is -0.454 e. The number of methoxy groups -OCH3 is 1. The lowest BCUT2D eigenvalue weighted by atomic mass is 10.1. The maximum atomic E-state index is 11.8. The van der Waals surface area contributed by atoms with Crippen molar-refractivity contribution in [1.29, 1.82) is 0 Å². The molecule has 6 nitrogen and oxygen atoms in total. The lowest BCUT2D eigenvalue weighted by molar-refractivity contribution is -0.122. The number of nitrogens with one attached hydrogen (secondary N) is 1. The summed E-state index contributed by atoms with van der Waals surface area (Å²) in [6, 6.07) is 5.01. The fraction of sp³-hybridized carbons (Fsp3) is 0.462. The van der Waals surface area contributed by atoms with Gasteiger partial charge in [-0.3, -0.25) is 4.79 Å². The van der Waals surface area contributed by atoms with Crippen LogP contribution in [0.25, 0.3) is 0 Å². The van der Waals surface area contributed by atoms with Gasteiger partial charge in [0.15, 0.2) is 11.5 Å². The zero-order valence-corrected chi connectivity index (χ0v) is 10.8. The normalized spacial score (nSPS) is 14.2. The highest BCUT2D eigenvalue weighted by Crippen LogP contribution is 2.35. The summed E-state index contributed by atoms with van der Waals surface area (Å²) in [6.45, 7) is 1.05. The first-order valence-electron chi connectivity index (χ1n) is 6.12. The molecule has 0 saturated carbocycles. The summed E-state index contributed by atoms with van der Waals surface area (Å²) in [4.78, 5) is 11.8. The number of rotatable bonds is 6. The monoisotopic (exact) mass is 266 g/mol. The molecule has 1 aromatic rings. The van der Waals surface area contributed by atoms with Crippen LogP contribution < -0.4 is 20.5 Å². The molecule has 0 saturated heterocycles. The van der Waals surface area contributed by atoms with E-state index in [4.69, 9.17) is 19.9 Å². The summed E-state index contributed by atoms with van der Waals surface area (Å²) in [5, 5.41) is 2.78. The molecule has 1 aliphatic rings. The molecule has 1 heterocycles. The van der Waals surface area contributed by atoms with Crippen LogP contribution in [-0.4, -0.2) is 32.5 Å². The number of hydrogen-bond donors (Lipinski definition) is 2. The number of fused-ring (bicyclic) bond motifs is 1. The van der Waals surface area contributed by atoms with E-state index in [1.165, 1.54) is 0 Å². The van der Waals surface area contributed by atoms with E-state index in [1.807, 2.05) is 18.2 Å². The van der Waals surface area contributed by atoms with Gasteiger partial charge in [-0.05, 0) is 12.5 Å². The fourth-order valence-electron chi connectivity index (χ4n) is 1.82. The van der Waals surface area contributed by atoms with Crippen molar-refractivity contribution in [3.63, 3.8) is 0 Å². The van der Waals surface area contributed by atoms with E-state index in [0.29, 0.717) is 31.1 Å². The molecule has 0 radical (unpaired) electrons. The minimum atomic E-state index is -0.561. The van der Waals surface area contributed by atoms with Gasteiger partial charge in [0.1, 0.15) is 0 Å². The van der Waals surface area contributed by atoms with Gasteiger partial charge in [0.25, 0.3) is 0 Å². The van der Waals surface area contributed by atoms with Gasteiger partial charge in [-0.15, -0.1) is 0 Å². The SMILES string of the molecule is COCCC(N)C(=O)NCc1cccc2c1OCO2. The van der Waals surface area contributed by atoms with E-state index in [9.17, 15) is 4.79 Å². The lowest BCUT2D eigenvalue weighted by Gasteiger charge is -2.12. The van der Waals surface area contributed by atoms with E-state index in [1.54, 1.807) is 7.11 Å². The molecule has 3 N–H and O–H groups in total. The van der Waals surface area contributed by atoms with Gasteiger partial charge in [-0.1, -0.05) is 12.1 Å². The van der Waals surface area contributed by atoms with Gasteiger partial charge in [-0.2, -0.15) is 0 Å². The Bertz CT molecular complexity index is 450. The van der Waals surface area contributed by atoms with Crippen LogP contribution in [0.5, 0.6) is 11.5 Å². The largest absolute Gasteiger partial charge is 0.454 e. The topological polar surface area (TPSA) is 82.8 Å². The second-order valence-electron chi connectivity index (χ2n) is 4.26. The lowest BCUT2D eigenvalue weighted by Crippen LogP contribution is -2.40. The predicted octanol–water partition coefficient (Wildman–Crippen LogP) is 0.395. The smallest absolute Gasteiger partial charge is 0.237 e. The quantitative estimate of drug-likeness (QED) is 0.778. The van der Waals surface area contributed by atoms with Crippen molar-refractivity contribution in [3.05, 3.63) is 23.8 Å². The van der Waals surface area contributed by atoms with E-state index >= 15 is 0 Å². The fourth-order valence-corrected chi connectivity index (χ4v) is 1.82. The van der Waals surface area contributed by atoms with E-state index in [2.05, 4.69) is 5.32 Å². The number of ether oxygens (including phenoxy) is 3. The van der Waals surface area contributed by atoms with Gasteiger partial charge in [-0.25, -0.2) is 0 Å². The predicted molar refractivity (Wildman–Crippen MR) is 68.9 cm³/mol. The Labute approximate surface area is 111 Å². The molecule has 6 heteroatoms. The van der Waals surface area contributed by atoms with E-state index in [-0.39, 0.29) is 12.7 Å². The summed E-state index contributed by atoms with van der Waals surface area (Å²) in [7, 11) is 1.58. The van der Waals surface area contributed by atoms with Crippen molar-refractivity contribution in [2.24, 2.45) is 5.73 Å². The van der Waals surface area contributed by atoms with Crippen molar-refractivity contribution in [3.8, 4) is 11.5 Å². The van der Waals surface area contributed by atoms with Gasteiger partial charge in [0.05, 0.1) is 6.04 Å². The third-order valence-corrected chi connectivity index (χ3v) is 2.90. The number of hydrogen-bond acceptors (Lipinski definition) is 5. The standard InChI is InChI=1S/C13H18N2O4/c1-17-6-5-10(14)13(16)15-7-9-3-2-4-11-12(9)19-8-18-11/h2-4,10H,5-8,14H2,1H3,(H,15,16). The summed E-state index contributed by atoms with van der Waals surface area (Å²) < 4.78 is 15.5. The zero-order valence-electron chi connectivity index (χ0n) is 10.8. The van der Waals surface area contributed by atoms with Crippen molar-refractivity contribution in [2.75, 3.05) is 20.5 Å². The second-order valence-corrected chi connectivity index (χ2v) is 4.26. The number of benzene rings is 1. The first-order chi connectivity index (χ1) is 9.22. The Morgan fingerprint density at radius 2 is 2.37 bits per heavy atom. The average molecular weight is 266 g/mol. The van der Waals surface area contributed by atoms with Crippen LogP contribution in [-0.2, 0) is 16.1 Å². The van der Waals surface area contributed by atoms with Crippen molar-refractivity contribution >= 4 is 5.91 Å². The Balaban J connectivity index is 1.89. The van der Waals surface area contributed by atoms with Crippen LogP contribution in [0.4, 0.5) is 0 Å². The molecule has 1 aliphatic heterocycles. The van der Waals surface area contributed by atoms with Crippen LogP contribution in [0.2, 0.25) is 0 Å². The third kappa shape index (κ3) is 3.36. The van der Waals surface area contributed by atoms with Gasteiger partial charge in [0.2, 0.25) is 12.7 Å². The molecule has 0 fully saturated rings. The van der Waals surface area contributed by atoms with E-state index in [0.717, 1.165) is 5.56 Å². The Morgan fingerprint density at radius 3 is 3.16 bits per heavy atom. The maximum Gasteiger partial charge on any atom is 0.237 e. The maximum absolute atomic E-state index is 11.8. The first kappa shape index (κ1) is 13.6. The second kappa shape index (κ2) is 6.40.